The summed E-state index contributed by atoms with van der Waals surface area (Å²) in [5.41, 5.74) is 0.411. The Kier molecular flexibility index (Phi) is 2.85. The normalized spacial score (nSPS) is 25.1. The minimum atomic E-state index is -0.975. The van der Waals surface area contributed by atoms with Gasteiger partial charge in [-0.05, 0) is 12.1 Å². The van der Waals surface area contributed by atoms with Crippen LogP contribution in [-0.2, 0) is 4.87 Å². The van der Waals surface area contributed by atoms with Gasteiger partial charge in [0, 0.05) is 17.0 Å². The number of alkyl halides is 1. The van der Waals surface area contributed by atoms with E-state index in [0.29, 0.717) is 10.6 Å². The van der Waals surface area contributed by atoms with Gasteiger partial charge in [-0.15, -0.1) is 11.6 Å². The lowest BCUT2D eigenvalue weighted by Gasteiger charge is -2.25. The maximum Gasteiger partial charge on any atom is 0.128 e. The third kappa shape index (κ3) is 2.09. The lowest BCUT2D eigenvalue weighted by molar-refractivity contribution is 0.600. The van der Waals surface area contributed by atoms with Gasteiger partial charge in [-0.2, -0.15) is 0 Å². The average molecular weight is 242 g/mol. The largest absolute Gasteiger partial charge is 0.207 e. The van der Waals surface area contributed by atoms with Crippen LogP contribution in [0.3, 0.4) is 0 Å². The molecule has 3 heteroatoms. The molecule has 0 saturated heterocycles. The molecule has 2 rings (SSSR count). The molecule has 1 aliphatic rings. The van der Waals surface area contributed by atoms with E-state index in [1.165, 1.54) is 6.07 Å². The molecule has 1 unspecified atom stereocenters. The zero-order chi connectivity index (χ0) is 10.9. The summed E-state index contributed by atoms with van der Waals surface area (Å²) in [4.78, 5) is -0.975. The van der Waals surface area contributed by atoms with E-state index in [9.17, 15) is 4.39 Å². The molecule has 0 N–H and O–H groups in total. The van der Waals surface area contributed by atoms with Crippen molar-refractivity contribution in [2.75, 3.05) is 0 Å². The Morgan fingerprint density at radius 3 is 2.60 bits per heavy atom. The Morgan fingerprint density at radius 1 is 1.20 bits per heavy atom. The van der Waals surface area contributed by atoms with Crippen molar-refractivity contribution < 1.29 is 4.39 Å². The smallest absolute Gasteiger partial charge is 0.128 e. The molecule has 0 amide bonds. The summed E-state index contributed by atoms with van der Waals surface area (Å²) < 4.78 is 13.5. The molecule has 1 atom stereocenters. The quantitative estimate of drug-likeness (QED) is 0.648. The Bertz CT molecular complexity index is 437. The van der Waals surface area contributed by atoms with Crippen molar-refractivity contribution in [1.29, 1.82) is 0 Å². The van der Waals surface area contributed by atoms with Gasteiger partial charge < -0.3 is 0 Å². The van der Waals surface area contributed by atoms with Crippen molar-refractivity contribution in [3.63, 3.8) is 0 Å². The van der Waals surface area contributed by atoms with Gasteiger partial charge in [0.25, 0.3) is 0 Å². The highest BCUT2D eigenvalue weighted by Crippen LogP contribution is 2.40. The Hall–Kier alpha value is -0.790. The van der Waals surface area contributed by atoms with Crippen LogP contribution in [0.5, 0.6) is 0 Å². The van der Waals surface area contributed by atoms with E-state index in [1.807, 2.05) is 0 Å². The van der Waals surface area contributed by atoms with Crippen molar-refractivity contribution in [1.82, 2.24) is 0 Å². The zero-order valence-electron chi connectivity index (χ0n) is 7.75. The van der Waals surface area contributed by atoms with Crippen LogP contribution in [0.1, 0.15) is 5.56 Å². The maximum atomic E-state index is 13.5. The van der Waals surface area contributed by atoms with Gasteiger partial charge in [-0.3, -0.25) is 0 Å². The first-order valence-corrected chi connectivity index (χ1v) is 5.22. The highest BCUT2D eigenvalue weighted by atomic mass is 35.5. The lowest BCUT2D eigenvalue weighted by atomic mass is 9.91. The second-order valence-electron chi connectivity index (χ2n) is 3.30. The van der Waals surface area contributed by atoms with Gasteiger partial charge in [0.05, 0.1) is 4.87 Å². The molecule has 1 aliphatic carbocycles. The predicted molar refractivity (Wildman–Crippen MR) is 61.3 cm³/mol. The van der Waals surface area contributed by atoms with Crippen LogP contribution in [0.2, 0.25) is 0 Å². The topological polar surface area (TPSA) is 0 Å². The van der Waals surface area contributed by atoms with Crippen LogP contribution in [0.25, 0.3) is 0 Å². The van der Waals surface area contributed by atoms with E-state index >= 15 is 0 Å². The minimum Gasteiger partial charge on any atom is -0.207 e. The zero-order valence-corrected chi connectivity index (χ0v) is 9.26. The summed E-state index contributed by atoms with van der Waals surface area (Å²) in [6.07, 6.45) is 6.76. The first kappa shape index (κ1) is 10.7. The van der Waals surface area contributed by atoms with Gasteiger partial charge in [0.15, 0.2) is 0 Å². The van der Waals surface area contributed by atoms with Gasteiger partial charge in [-0.25, -0.2) is 4.39 Å². The Morgan fingerprint density at radius 2 is 1.93 bits per heavy atom. The van der Waals surface area contributed by atoms with Gasteiger partial charge in [0.2, 0.25) is 0 Å². The fraction of sp³-hybridized carbons (Fsp3) is 0.0833. The summed E-state index contributed by atoms with van der Waals surface area (Å²) in [5.74, 6) is -0.334. The summed E-state index contributed by atoms with van der Waals surface area (Å²) in [5, 5.41) is 0.510. The van der Waals surface area contributed by atoms with Gasteiger partial charge in [-0.1, -0.05) is 42.0 Å². The molecular weight excluding hydrogens is 234 g/mol. The van der Waals surface area contributed by atoms with Crippen molar-refractivity contribution in [2.45, 2.75) is 4.87 Å². The van der Waals surface area contributed by atoms with E-state index < -0.39 is 4.87 Å². The van der Waals surface area contributed by atoms with Gasteiger partial charge >= 0.3 is 0 Å². The van der Waals surface area contributed by atoms with Crippen molar-refractivity contribution >= 4 is 23.2 Å². The van der Waals surface area contributed by atoms with Crippen LogP contribution >= 0.6 is 23.2 Å². The minimum absolute atomic E-state index is 0.334. The molecule has 0 aromatic heterocycles. The highest BCUT2D eigenvalue weighted by Gasteiger charge is 2.31. The molecule has 0 saturated carbocycles. The van der Waals surface area contributed by atoms with E-state index in [1.54, 1.807) is 42.8 Å². The molecule has 77 valence electrons. The molecular formula is C12H8Cl2F. The number of hydrogen-bond donors (Lipinski definition) is 0. The standard InChI is InChI=1S/C12H8Cl2F/c13-9-4-3-7-12(14,8-9)10-5-1-2-6-11(10)15/h1-8H. The molecule has 15 heavy (non-hydrogen) atoms. The molecule has 1 aromatic carbocycles. The van der Waals surface area contributed by atoms with Crippen LogP contribution in [-0.4, -0.2) is 0 Å². The summed E-state index contributed by atoms with van der Waals surface area (Å²) in [7, 11) is 0. The van der Waals surface area contributed by atoms with Crippen molar-refractivity contribution in [3.8, 4) is 0 Å². The number of hydrogen-bond acceptors (Lipinski definition) is 0. The van der Waals surface area contributed by atoms with E-state index in [-0.39, 0.29) is 5.82 Å². The predicted octanol–water partition coefficient (Wildman–Crippen LogP) is 4.16. The molecule has 0 nitrogen and oxygen atoms in total. The molecule has 0 fully saturated rings. The maximum absolute atomic E-state index is 13.5. The fourth-order valence-electron chi connectivity index (χ4n) is 1.52. The molecule has 0 aliphatic heterocycles. The van der Waals surface area contributed by atoms with Crippen LogP contribution < -0.4 is 0 Å². The van der Waals surface area contributed by atoms with Crippen LogP contribution in [0.4, 0.5) is 4.39 Å². The lowest BCUT2D eigenvalue weighted by Crippen LogP contribution is -2.20. The number of halogens is 3. The second kappa shape index (κ2) is 3.99. The second-order valence-corrected chi connectivity index (χ2v) is 4.36. The monoisotopic (exact) mass is 241 g/mol. The number of rotatable bonds is 1. The third-order valence-electron chi connectivity index (χ3n) is 2.23. The fourth-order valence-corrected chi connectivity index (χ4v) is 2.16. The molecule has 0 spiro atoms. The number of allylic oxidation sites excluding steroid dienone is 4. The van der Waals surface area contributed by atoms with Crippen molar-refractivity contribution in [2.24, 2.45) is 0 Å². The van der Waals surface area contributed by atoms with Gasteiger partial charge in [0.1, 0.15) is 5.82 Å². The molecule has 0 heterocycles. The van der Waals surface area contributed by atoms with Crippen molar-refractivity contribution in [3.05, 3.63) is 65.3 Å². The SMILES string of the molecule is Fc1ccccc1C1(Cl)[CH]C(Cl)=CC=C1. The first-order valence-electron chi connectivity index (χ1n) is 4.47. The summed E-state index contributed by atoms with van der Waals surface area (Å²) >= 11 is 12.1. The van der Waals surface area contributed by atoms with Crippen LogP contribution in [0, 0.1) is 12.2 Å². The summed E-state index contributed by atoms with van der Waals surface area (Å²) in [6.45, 7) is 0. The third-order valence-corrected chi connectivity index (χ3v) is 2.90. The van der Waals surface area contributed by atoms with E-state index in [4.69, 9.17) is 23.2 Å². The number of benzene rings is 1. The van der Waals surface area contributed by atoms with E-state index in [0.717, 1.165) is 0 Å². The van der Waals surface area contributed by atoms with E-state index in [2.05, 4.69) is 0 Å². The molecule has 1 radical (unpaired) electrons. The van der Waals surface area contributed by atoms with Crippen LogP contribution in [0.15, 0.2) is 47.5 Å². The molecule has 1 aromatic rings. The Balaban J connectivity index is 2.44. The first-order chi connectivity index (χ1) is 7.12. The average Bonchev–Trinajstić information content (AvgIpc) is 2.17. The summed E-state index contributed by atoms with van der Waals surface area (Å²) in [6, 6.07) is 6.41. The highest BCUT2D eigenvalue weighted by molar-refractivity contribution is 6.34. The molecule has 0 bridgehead atoms. The Labute approximate surface area is 98.0 Å².